The normalized spacial score (nSPS) is 12.9. The number of rotatable bonds is 3. The van der Waals surface area contributed by atoms with E-state index in [1.54, 1.807) is 24.4 Å². The van der Waals surface area contributed by atoms with Gasteiger partial charge in [-0.3, -0.25) is 10.1 Å². The molecule has 0 radical (unpaired) electrons. The predicted octanol–water partition coefficient (Wildman–Crippen LogP) is 3.49. The Morgan fingerprint density at radius 1 is 1.48 bits per heavy atom. The Bertz CT molecular complexity index is 727. The van der Waals surface area contributed by atoms with Crippen LogP contribution in [0.15, 0.2) is 24.4 Å². The molecule has 1 aromatic carbocycles. The van der Waals surface area contributed by atoms with Crippen molar-refractivity contribution in [3.63, 3.8) is 0 Å². The Labute approximate surface area is 130 Å². The lowest BCUT2D eigenvalue weighted by atomic mass is 10.2. The molecule has 0 saturated heterocycles. The zero-order chi connectivity index (χ0) is 14.8. The van der Waals surface area contributed by atoms with Gasteiger partial charge in [0.25, 0.3) is 0 Å². The number of nitrogens with zero attached hydrogens (tertiary/aromatic N) is 1. The zero-order valence-corrected chi connectivity index (χ0v) is 12.6. The SMILES string of the molecule is Cc1cnc(NC(=O)/C=C/c2cc(Cl)c3c(c2)OCO3)s1. The van der Waals surface area contributed by atoms with E-state index in [0.29, 0.717) is 21.7 Å². The second-order valence-corrected chi connectivity index (χ2v) is 5.98. The summed E-state index contributed by atoms with van der Waals surface area (Å²) in [7, 11) is 0. The number of halogens is 1. The number of thiazole rings is 1. The molecule has 1 aliphatic heterocycles. The van der Waals surface area contributed by atoms with Crippen molar-refractivity contribution in [3.8, 4) is 11.5 Å². The number of hydrogen-bond donors (Lipinski definition) is 1. The van der Waals surface area contributed by atoms with Crippen molar-refractivity contribution in [2.75, 3.05) is 12.1 Å². The maximum absolute atomic E-state index is 11.8. The number of aryl methyl sites for hydroxylation is 1. The first kappa shape index (κ1) is 13.9. The van der Waals surface area contributed by atoms with Crippen molar-refractivity contribution >= 4 is 40.1 Å². The molecule has 0 aliphatic carbocycles. The standard InChI is InChI=1S/C14H11ClN2O3S/c1-8-6-16-14(21-8)17-12(18)3-2-9-4-10(15)13-11(5-9)19-7-20-13/h2-6H,7H2,1H3,(H,16,17,18)/b3-2+. The summed E-state index contributed by atoms with van der Waals surface area (Å²) < 4.78 is 10.5. The highest BCUT2D eigenvalue weighted by Crippen LogP contribution is 2.40. The lowest BCUT2D eigenvalue weighted by molar-refractivity contribution is -0.111. The maximum atomic E-state index is 11.8. The molecule has 2 heterocycles. The van der Waals surface area contributed by atoms with Gasteiger partial charge < -0.3 is 9.47 Å². The van der Waals surface area contributed by atoms with Gasteiger partial charge in [-0.2, -0.15) is 0 Å². The molecule has 0 atom stereocenters. The summed E-state index contributed by atoms with van der Waals surface area (Å²) in [5.74, 6) is 0.868. The molecular weight excluding hydrogens is 312 g/mol. The summed E-state index contributed by atoms with van der Waals surface area (Å²) in [6.07, 6.45) is 4.79. The third-order valence-electron chi connectivity index (χ3n) is 2.73. The van der Waals surface area contributed by atoms with E-state index in [4.69, 9.17) is 21.1 Å². The van der Waals surface area contributed by atoms with Crippen LogP contribution in [0.2, 0.25) is 5.02 Å². The lowest BCUT2D eigenvalue weighted by Gasteiger charge is -2.01. The summed E-state index contributed by atoms with van der Waals surface area (Å²) in [5, 5.41) is 3.73. The quantitative estimate of drug-likeness (QED) is 0.879. The average Bonchev–Trinajstić information content (AvgIpc) is 3.06. The Kier molecular flexibility index (Phi) is 3.81. The van der Waals surface area contributed by atoms with Crippen molar-refractivity contribution in [2.24, 2.45) is 0 Å². The predicted molar refractivity (Wildman–Crippen MR) is 82.1 cm³/mol. The van der Waals surface area contributed by atoms with E-state index in [0.717, 1.165) is 10.4 Å². The van der Waals surface area contributed by atoms with E-state index in [1.807, 2.05) is 6.92 Å². The number of hydrogen-bond acceptors (Lipinski definition) is 5. The van der Waals surface area contributed by atoms with Gasteiger partial charge in [-0.15, -0.1) is 11.3 Å². The third kappa shape index (κ3) is 3.17. The van der Waals surface area contributed by atoms with Crippen LogP contribution < -0.4 is 14.8 Å². The number of amides is 1. The summed E-state index contributed by atoms with van der Waals surface area (Å²) >= 11 is 7.50. The van der Waals surface area contributed by atoms with Crippen molar-refractivity contribution in [1.29, 1.82) is 0 Å². The highest BCUT2D eigenvalue weighted by molar-refractivity contribution is 7.15. The number of fused-ring (bicyclic) bond motifs is 1. The molecule has 0 spiro atoms. The number of carbonyl (C=O) groups is 1. The Hall–Kier alpha value is -2.05. The second kappa shape index (κ2) is 5.75. The van der Waals surface area contributed by atoms with Gasteiger partial charge in [0.2, 0.25) is 12.7 Å². The number of benzene rings is 1. The maximum Gasteiger partial charge on any atom is 0.250 e. The molecule has 108 valence electrons. The first-order valence-electron chi connectivity index (χ1n) is 6.12. The van der Waals surface area contributed by atoms with Gasteiger partial charge in [-0.05, 0) is 30.7 Å². The molecule has 1 amide bonds. The fourth-order valence-electron chi connectivity index (χ4n) is 1.82. The number of nitrogens with one attached hydrogen (secondary N) is 1. The zero-order valence-electron chi connectivity index (χ0n) is 11.1. The first-order valence-corrected chi connectivity index (χ1v) is 7.32. The molecule has 1 aliphatic rings. The van der Waals surface area contributed by atoms with Crippen LogP contribution in [-0.2, 0) is 4.79 Å². The number of aromatic nitrogens is 1. The highest BCUT2D eigenvalue weighted by Gasteiger charge is 2.17. The van der Waals surface area contributed by atoms with Crippen LogP contribution in [-0.4, -0.2) is 17.7 Å². The minimum Gasteiger partial charge on any atom is -0.454 e. The van der Waals surface area contributed by atoms with Crippen molar-refractivity contribution < 1.29 is 14.3 Å². The topological polar surface area (TPSA) is 60.5 Å². The first-order chi connectivity index (χ1) is 10.1. The van der Waals surface area contributed by atoms with Crippen molar-refractivity contribution in [1.82, 2.24) is 4.98 Å². The summed E-state index contributed by atoms with van der Waals surface area (Å²) in [6.45, 7) is 2.09. The molecule has 0 saturated carbocycles. The fourth-order valence-corrected chi connectivity index (χ4v) is 2.76. The molecule has 0 unspecified atom stereocenters. The van der Waals surface area contributed by atoms with Gasteiger partial charge >= 0.3 is 0 Å². The monoisotopic (exact) mass is 322 g/mol. The van der Waals surface area contributed by atoms with Crippen molar-refractivity contribution in [2.45, 2.75) is 6.92 Å². The molecule has 2 aromatic rings. The van der Waals surface area contributed by atoms with Crippen LogP contribution in [0.5, 0.6) is 11.5 Å². The number of ether oxygens (including phenoxy) is 2. The van der Waals surface area contributed by atoms with Crippen LogP contribution in [0.3, 0.4) is 0 Å². The highest BCUT2D eigenvalue weighted by atomic mass is 35.5. The van der Waals surface area contributed by atoms with Crippen LogP contribution in [0.25, 0.3) is 6.08 Å². The van der Waals surface area contributed by atoms with Crippen molar-refractivity contribution in [3.05, 3.63) is 39.9 Å². The average molecular weight is 323 g/mol. The molecule has 1 N–H and O–H groups in total. The third-order valence-corrected chi connectivity index (χ3v) is 3.84. The van der Waals surface area contributed by atoms with E-state index in [1.165, 1.54) is 17.4 Å². The van der Waals surface area contributed by atoms with E-state index in [9.17, 15) is 4.79 Å². The van der Waals surface area contributed by atoms with E-state index in [-0.39, 0.29) is 12.7 Å². The van der Waals surface area contributed by atoms with Gasteiger partial charge in [-0.25, -0.2) is 4.98 Å². The molecule has 3 rings (SSSR count). The van der Waals surface area contributed by atoms with Crippen LogP contribution in [0.4, 0.5) is 5.13 Å². The Morgan fingerprint density at radius 3 is 3.10 bits per heavy atom. The smallest absolute Gasteiger partial charge is 0.250 e. The minimum absolute atomic E-state index is 0.159. The van der Waals surface area contributed by atoms with Gasteiger partial charge in [0.05, 0.1) is 5.02 Å². The molecular formula is C14H11ClN2O3S. The molecule has 21 heavy (non-hydrogen) atoms. The van der Waals surface area contributed by atoms with E-state index in [2.05, 4.69) is 10.3 Å². The second-order valence-electron chi connectivity index (χ2n) is 4.34. The van der Waals surface area contributed by atoms with Crippen LogP contribution in [0, 0.1) is 6.92 Å². The van der Waals surface area contributed by atoms with Gasteiger partial charge in [0.1, 0.15) is 0 Å². The number of anilines is 1. The summed E-state index contributed by atoms with van der Waals surface area (Å²) in [5.41, 5.74) is 0.759. The van der Waals surface area contributed by atoms with E-state index < -0.39 is 0 Å². The number of carbonyl (C=O) groups excluding carboxylic acids is 1. The largest absolute Gasteiger partial charge is 0.454 e. The molecule has 0 bridgehead atoms. The molecule has 1 aromatic heterocycles. The fraction of sp³-hybridized carbons (Fsp3) is 0.143. The molecule has 7 heteroatoms. The summed E-state index contributed by atoms with van der Waals surface area (Å²) in [6, 6.07) is 3.48. The Morgan fingerprint density at radius 2 is 2.33 bits per heavy atom. The van der Waals surface area contributed by atoms with Gasteiger partial charge in [0.15, 0.2) is 16.6 Å². The lowest BCUT2D eigenvalue weighted by Crippen LogP contribution is -2.07. The Balaban J connectivity index is 1.71. The molecule has 5 nitrogen and oxygen atoms in total. The minimum atomic E-state index is -0.252. The molecule has 0 fully saturated rings. The van der Waals surface area contributed by atoms with Crippen LogP contribution in [0.1, 0.15) is 10.4 Å². The van der Waals surface area contributed by atoms with Crippen LogP contribution >= 0.6 is 22.9 Å². The van der Waals surface area contributed by atoms with E-state index >= 15 is 0 Å². The summed E-state index contributed by atoms with van der Waals surface area (Å²) in [4.78, 5) is 16.9. The van der Waals surface area contributed by atoms with Gasteiger partial charge in [0, 0.05) is 17.2 Å². The van der Waals surface area contributed by atoms with Gasteiger partial charge in [-0.1, -0.05) is 11.6 Å².